The van der Waals surface area contributed by atoms with E-state index >= 15 is 0 Å². The Labute approximate surface area is 137 Å². The minimum atomic E-state index is 0. The molecule has 2 aromatic rings. The van der Waals surface area contributed by atoms with E-state index in [9.17, 15) is 4.79 Å². The number of hydrogen-bond donors (Lipinski definition) is 2. The number of para-hydroxylation sites is 1. The van der Waals surface area contributed by atoms with Crippen molar-refractivity contribution in [3.05, 3.63) is 36.0 Å². The van der Waals surface area contributed by atoms with E-state index in [2.05, 4.69) is 41.6 Å². The first kappa shape index (κ1) is 16.8. The molecule has 1 fully saturated rings. The molecule has 0 bridgehead atoms. The molecule has 22 heavy (non-hydrogen) atoms. The molecule has 1 amide bonds. The highest BCUT2D eigenvalue weighted by Gasteiger charge is 2.19. The van der Waals surface area contributed by atoms with E-state index in [0.29, 0.717) is 18.4 Å². The van der Waals surface area contributed by atoms with Gasteiger partial charge >= 0.3 is 0 Å². The fourth-order valence-corrected chi connectivity index (χ4v) is 3.09. The third-order valence-electron chi connectivity index (χ3n) is 4.23. The maximum absolute atomic E-state index is 12.2. The standard InChI is InChI=1S/C17H23N3O.ClH/c1-13-12-20(10-9-18-13)17(21)8-4-5-14-11-19-16-7-3-2-6-15(14)16;/h2-3,6-7,11,13,18-19H,4-5,8-10,12H2,1H3;1H/t13-;/m1./s1. The fourth-order valence-electron chi connectivity index (χ4n) is 3.09. The third kappa shape index (κ3) is 3.81. The lowest BCUT2D eigenvalue weighted by molar-refractivity contribution is -0.132. The summed E-state index contributed by atoms with van der Waals surface area (Å²) in [5.41, 5.74) is 2.49. The summed E-state index contributed by atoms with van der Waals surface area (Å²) in [6, 6.07) is 8.74. The van der Waals surface area contributed by atoms with Gasteiger partial charge in [-0.15, -0.1) is 12.4 Å². The number of nitrogens with one attached hydrogen (secondary N) is 2. The minimum Gasteiger partial charge on any atom is -0.361 e. The molecule has 0 radical (unpaired) electrons. The third-order valence-corrected chi connectivity index (χ3v) is 4.23. The number of nitrogens with zero attached hydrogens (tertiary/aromatic N) is 1. The van der Waals surface area contributed by atoms with E-state index in [4.69, 9.17) is 0 Å². The van der Waals surface area contributed by atoms with Crippen LogP contribution in [0.4, 0.5) is 0 Å². The van der Waals surface area contributed by atoms with Gasteiger partial charge in [-0.3, -0.25) is 4.79 Å². The van der Waals surface area contributed by atoms with Gasteiger partial charge in [-0.05, 0) is 31.4 Å². The Hall–Kier alpha value is -1.52. The summed E-state index contributed by atoms with van der Waals surface area (Å²) in [4.78, 5) is 17.5. The molecular formula is C17H24ClN3O. The predicted molar refractivity (Wildman–Crippen MR) is 92.5 cm³/mol. The average Bonchev–Trinajstić information content (AvgIpc) is 2.91. The Morgan fingerprint density at radius 1 is 1.36 bits per heavy atom. The minimum absolute atomic E-state index is 0. The van der Waals surface area contributed by atoms with Gasteiger partial charge in [-0.1, -0.05) is 18.2 Å². The number of rotatable bonds is 4. The Kier molecular flexibility index (Phi) is 5.86. The highest BCUT2D eigenvalue weighted by atomic mass is 35.5. The number of amides is 1. The molecule has 1 aromatic heterocycles. The summed E-state index contributed by atoms with van der Waals surface area (Å²) in [6.07, 6.45) is 4.59. The fraction of sp³-hybridized carbons (Fsp3) is 0.471. The van der Waals surface area contributed by atoms with Crippen molar-refractivity contribution in [2.24, 2.45) is 0 Å². The first-order valence-corrected chi connectivity index (χ1v) is 7.80. The molecule has 1 aromatic carbocycles. The van der Waals surface area contributed by atoms with Gasteiger partial charge in [-0.25, -0.2) is 0 Å². The molecular weight excluding hydrogens is 298 g/mol. The second-order valence-corrected chi connectivity index (χ2v) is 5.91. The van der Waals surface area contributed by atoms with Gasteiger partial charge < -0.3 is 15.2 Å². The second-order valence-electron chi connectivity index (χ2n) is 5.91. The smallest absolute Gasteiger partial charge is 0.222 e. The van der Waals surface area contributed by atoms with Crippen LogP contribution in [0.25, 0.3) is 10.9 Å². The predicted octanol–water partition coefficient (Wildman–Crippen LogP) is 2.73. The number of halogens is 1. The molecule has 1 saturated heterocycles. The van der Waals surface area contributed by atoms with Crippen LogP contribution in [0.2, 0.25) is 0 Å². The van der Waals surface area contributed by atoms with Crippen molar-refractivity contribution in [1.82, 2.24) is 15.2 Å². The van der Waals surface area contributed by atoms with Crippen LogP contribution >= 0.6 is 12.4 Å². The number of carbonyl (C=O) groups is 1. The molecule has 120 valence electrons. The normalized spacial score (nSPS) is 18.2. The Morgan fingerprint density at radius 2 is 2.18 bits per heavy atom. The van der Waals surface area contributed by atoms with Gasteiger partial charge in [0, 0.05) is 49.2 Å². The molecule has 1 aliphatic rings. The monoisotopic (exact) mass is 321 g/mol. The van der Waals surface area contributed by atoms with Gasteiger partial charge in [0.25, 0.3) is 0 Å². The van der Waals surface area contributed by atoms with Crippen molar-refractivity contribution >= 4 is 29.2 Å². The van der Waals surface area contributed by atoms with Gasteiger partial charge in [0.1, 0.15) is 0 Å². The lowest BCUT2D eigenvalue weighted by Crippen LogP contribution is -2.51. The largest absolute Gasteiger partial charge is 0.361 e. The van der Waals surface area contributed by atoms with Crippen LogP contribution in [0.15, 0.2) is 30.5 Å². The summed E-state index contributed by atoms with van der Waals surface area (Å²) in [5, 5.41) is 4.65. The summed E-state index contributed by atoms with van der Waals surface area (Å²) in [6.45, 7) is 4.73. The van der Waals surface area contributed by atoms with Gasteiger partial charge in [0.05, 0.1) is 0 Å². The van der Waals surface area contributed by atoms with E-state index < -0.39 is 0 Å². The van der Waals surface area contributed by atoms with Crippen molar-refractivity contribution in [2.75, 3.05) is 19.6 Å². The number of benzene rings is 1. The molecule has 5 heteroatoms. The van der Waals surface area contributed by atoms with Crippen LogP contribution in [0.5, 0.6) is 0 Å². The van der Waals surface area contributed by atoms with Gasteiger partial charge in [0.2, 0.25) is 5.91 Å². The molecule has 0 saturated carbocycles. The quantitative estimate of drug-likeness (QED) is 0.909. The maximum atomic E-state index is 12.2. The molecule has 2 heterocycles. The van der Waals surface area contributed by atoms with E-state index in [1.165, 1.54) is 16.5 Å². The molecule has 1 aliphatic heterocycles. The first-order valence-electron chi connectivity index (χ1n) is 7.80. The summed E-state index contributed by atoms with van der Waals surface area (Å²) in [7, 11) is 0. The first-order chi connectivity index (χ1) is 10.2. The van der Waals surface area contributed by atoms with E-state index in [1.807, 2.05) is 11.0 Å². The van der Waals surface area contributed by atoms with Gasteiger partial charge in [0.15, 0.2) is 0 Å². The Balaban J connectivity index is 0.00000176. The number of hydrogen-bond acceptors (Lipinski definition) is 2. The second kappa shape index (κ2) is 7.65. The topological polar surface area (TPSA) is 48.1 Å². The number of H-pyrrole nitrogens is 1. The average molecular weight is 322 g/mol. The molecule has 0 aliphatic carbocycles. The van der Waals surface area contributed by atoms with Crippen LogP contribution in [-0.4, -0.2) is 41.5 Å². The molecule has 2 N–H and O–H groups in total. The van der Waals surface area contributed by atoms with Crippen LogP contribution in [0.3, 0.4) is 0 Å². The van der Waals surface area contributed by atoms with E-state index in [0.717, 1.165) is 32.5 Å². The zero-order valence-electron chi connectivity index (χ0n) is 13.0. The van der Waals surface area contributed by atoms with Crippen molar-refractivity contribution < 1.29 is 4.79 Å². The SMILES string of the molecule is C[C@@H]1CN(C(=O)CCCc2c[nH]c3ccccc23)CCN1.Cl. The number of fused-ring (bicyclic) bond motifs is 1. The molecule has 1 atom stereocenters. The van der Waals surface area contributed by atoms with Crippen molar-refractivity contribution in [1.29, 1.82) is 0 Å². The van der Waals surface area contributed by atoms with Crippen molar-refractivity contribution in [3.63, 3.8) is 0 Å². The van der Waals surface area contributed by atoms with Crippen LogP contribution in [0, 0.1) is 0 Å². The van der Waals surface area contributed by atoms with E-state index in [1.54, 1.807) is 0 Å². The summed E-state index contributed by atoms with van der Waals surface area (Å²) in [5.74, 6) is 0.295. The number of piperazine rings is 1. The lowest BCUT2D eigenvalue weighted by atomic mass is 10.1. The van der Waals surface area contributed by atoms with Crippen molar-refractivity contribution in [2.45, 2.75) is 32.2 Å². The number of aryl methyl sites for hydroxylation is 1. The summed E-state index contributed by atoms with van der Waals surface area (Å²) < 4.78 is 0. The molecule has 4 nitrogen and oxygen atoms in total. The molecule has 3 rings (SSSR count). The maximum Gasteiger partial charge on any atom is 0.222 e. The Bertz CT molecular complexity index is 625. The van der Waals surface area contributed by atoms with Crippen LogP contribution in [-0.2, 0) is 11.2 Å². The summed E-state index contributed by atoms with van der Waals surface area (Å²) >= 11 is 0. The number of carbonyl (C=O) groups excluding carboxylic acids is 1. The zero-order valence-corrected chi connectivity index (χ0v) is 13.8. The van der Waals surface area contributed by atoms with Gasteiger partial charge in [-0.2, -0.15) is 0 Å². The highest BCUT2D eigenvalue weighted by molar-refractivity contribution is 5.85. The van der Waals surface area contributed by atoms with Crippen LogP contribution in [0.1, 0.15) is 25.3 Å². The molecule has 0 spiro atoms. The van der Waals surface area contributed by atoms with Crippen LogP contribution < -0.4 is 5.32 Å². The Morgan fingerprint density at radius 3 is 3.00 bits per heavy atom. The zero-order chi connectivity index (χ0) is 14.7. The van der Waals surface area contributed by atoms with Crippen molar-refractivity contribution in [3.8, 4) is 0 Å². The number of aromatic nitrogens is 1. The number of aromatic amines is 1. The lowest BCUT2D eigenvalue weighted by Gasteiger charge is -2.32. The molecule has 0 unspecified atom stereocenters. The van der Waals surface area contributed by atoms with E-state index in [-0.39, 0.29) is 12.4 Å². The highest BCUT2D eigenvalue weighted by Crippen LogP contribution is 2.19.